The maximum absolute atomic E-state index is 13.5. The fraction of sp³-hybridized carbons (Fsp3) is 0.320. The molecule has 0 radical (unpaired) electrons. The summed E-state index contributed by atoms with van der Waals surface area (Å²) in [6.45, 7) is 4.12. The van der Waals surface area contributed by atoms with Crippen molar-refractivity contribution in [1.82, 2.24) is 14.7 Å². The van der Waals surface area contributed by atoms with E-state index < -0.39 is 11.7 Å². The Morgan fingerprint density at radius 2 is 1.92 bits per heavy atom. The molecular weight excluding hydrogens is 513 g/mol. The highest BCUT2D eigenvalue weighted by molar-refractivity contribution is 8.18. The summed E-state index contributed by atoms with van der Waals surface area (Å²) >= 11 is 6.64. The van der Waals surface area contributed by atoms with Crippen molar-refractivity contribution < 1.29 is 22.8 Å². The van der Waals surface area contributed by atoms with Crippen LogP contribution in [0, 0.1) is 5.92 Å². The van der Waals surface area contributed by atoms with Gasteiger partial charge in [0, 0.05) is 23.0 Å². The van der Waals surface area contributed by atoms with Gasteiger partial charge >= 0.3 is 6.18 Å². The van der Waals surface area contributed by atoms with E-state index in [1.165, 1.54) is 21.7 Å². The number of carbonyl (C=O) groups is 2. The Kier molecular flexibility index (Phi) is 7.49. The van der Waals surface area contributed by atoms with Crippen LogP contribution in [0.15, 0.2) is 47.5 Å². The Balaban J connectivity index is 1.55. The van der Waals surface area contributed by atoms with E-state index in [0.717, 1.165) is 17.8 Å². The summed E-state index contributed by atoms with van der Waals surface area (Å²) < 4.78 is 41.9. The molecule has 1 fully saturated rings. The smallest absolute Gasteiger partial charge is 0.326 e. The number of nitrogens with zero attached hydrogens (tertiary/aromatic N) is 3. The highest BCUT2D eigenvalue weighted by Crippen LogP contribution is 2.35. The summed E-state index contributed by atoms with van der Waals surface area (Å²) in [5.74, 6) is -0.0368. The van der Waals surface area contributed by atoms with Crippen molar-refractivity contribution in [1.29, 1.82) is 0 Å². The molecular formula is C25H24ClF3N4O2S. The number of hydrogen-bond acceptors (Lipinski definition) is 5. The zero-order valence-electron chi connectivity index (χ0n) is 19.6. The van der Waals surface area contributed by atoms with Crippen molar-refractivity contribution in [2.24, 2.45) is 11.7 Å². The molecule has 6 nitrogen and oxygen atoms in total. The fourth-order valence-corrected chi connectivity index (χ4v) is 5.18. The number of nitrogens with two attached hydrogens (primary N) is 1. The molecule has 2 N–H and O–H groups in total. The lowest BCUT2D eigenvalue weighted by Gasteiger charge is -2.19. The molecule has 0 saturated carbocycles. The number of rotatable bonds is 7. The van der Waals surface area contributed by atoms with Gasteiger partial charge in [-0.05, 0) is 65.6 Å². The second kappa shape index (κ2) is 10.3. The third-order valence-electron chi connectivity index (χ3n) is 5.73. The van der Waals surface area contributed by atoms with Gasteiger partial charge < -0.3 is 5.73 Å². The predicted molar refractivity (Wildman–Crippen MR) is 135 cm³/mol. The second-order valence-electron chi connectivity index (χ2n) is 9.10. The van der Waals surface area contributed by atoms with Crippen LogP contribution in [0.5, 0.6) is 0 Å². The van der Waals surface area contributed by atoms with Crippen LogP contribution >= 0.6 is 23.4 Å². The molecule has 2 heterocycles. The van der Waals surface area contributed by atoms with Gasteiger partial charge in [0.15, 0.2) is 0 Å². The summed E-state index contributed by atoms with van der Waals surface area (Å²) in [5.41, 5.74) is 6.62. The minimum absolute atomic E-state index is 0.00681. The van der Waals surface area contributed by atoms with Gasteiger partial charge in [0.1, 0.15) is 0 Å². The van der Waals surface area contributed by atoms with Crippen LogP contribution in [0.3, 0.4) is 0 Å². The number of fused-ring (bicyclic) bond motifs is 1. The van der Waals surface area contributed by atoms with Gasteiger partial charge in [0.25, 0.3) is 11.1 Å². The quantitative estimate of drug-likeness (QED) is 0.365. The van der Waals surface area contributed by atoms with E-state index in [0.29, 0.717) is 33.7 Å². The topological polar surface area (TPSA) is 81.2 Å². The Morgan fingerprint density at radius 3 is 2.61 bits per heavy atom. The molecule has 1 aromatic heterocycles. The lowest BCUT2D eigenvalue weighted by atomic mass is 10.0. The lowest BCUT2D eigenvalue weighted by molar-refractivity contribution is -0.138. The number of benzene rings is 2. The van der Waals surface area contributed by atoms with Gasteiger partial charge in [0.2, 0.25) is 0 Å². The number of imide groups is 1. The molecule has 0 unspecified atom stereocenters. The first-order chi connectivity index (χ1) is 16.9. The van der Waals surface area contributed by atoms with Crippen molar-refractivity contribution in [2.75, 3.05) is 6.54 Å². The van der Waals surface area contributed by atoms with E-state index in [9.17, 15) is 22.8 Å². The highest BCUT2D eigenvalue weighted by atomic mass is 35.5. The largest absolute Gasteiger partial charge is 0.416 e. The molecule has 1 atom stereocenters. The van der Waals surface area contributed by atoms with E-state index in [4.69, 9.17) is 17.3 Å². The SMILES string of the molecule is CC(C)C[C@@H](N)CN1C(=O)SC(=Cc2ccc3c(cnn3Cc3ccc(Cl)cc3C(F)(F)F)c2)C1=O. The zero-order chi connectivity index (χ0) is 26.2. The van der Waals surface area contributed by atoms with Gasteiger partial charge in [-0.3, -0.25) is 19.2 Å². The summed E-state index contributed by atoms with van der Waals surface area (Å²) in [6.07, 6.45) is -0.677. The molecule has 1 saturated heterocycles. The van der Waals surface area contributed by atoms with Gasteiger partial charge in [-0.2, -0.15) is 18.3 Å². The average Bonchev–Trinajstić information content (AvgIpc) is 3.29. The first kappa shape index (κ1) is 26.2. The normalized spacial score (nSPS) is 16.7. The molecule has 2 amide bonds. The molecule has 1 aliphatic heterocycles. The molecule has 36 heavy (non-hydrogen) atoms. The van der Waals surface area contributed by atoms with E-state index in [-0.39, 0.29) is 40.9 Å². The molecule has 0 spiro atoms. The Bertz CT molecular complexity index is 1350. The van der Waals surface area contributed by atoms with Gasteiger partial charge in [-0.25, -0.2) is 0 Å². The van der Waals surface area contributed by atoms with E-state index in [2.05, 4.69) is 5.10 Å². The second-order valence-corrected chi connectivity index (χ2v) is 10.5. The minimum Gasteiger partial charge on any atom is -0.326 e. The zero-order valence-corrected chi connectivity index (χ0v) is 21.1. The number of amides is 2. The van der Waals surface area contributed by atoms with Crippen LogP contribution in [-0.4, -0.2) is 38.4 Å². The van der Waals surface area contributed by atoms with Crippen molar-refractivity contribution in [3.63, 3.8) is 0 Å². The van der Waals surface area contributed by atoms with E-state index in [1.54, 1.807) is 30.5 Å². The Morgan fingerprint density at radius 1 is 1.17 bits per heavy atom. The first-order valence-corrected chi connectivity index (χ1v) is 12.4. The van der Waals surface area contributed by atoms with Crippen molar-refractivity contribution in [3.05, 3.63) is 69.2 Å². The lowest BCUT2D eigenvalue weighted by Crippen LogP contribution is -2.40. The predicted octanol–water partition coefficient (Wildman–Crippen LogP) is 6.17. The van der Waals surface area contributed by atoms with Crippen LogP contribution in [0.1, 0.15) is 37.0 Å². The molecule has 4 rings (SSSR count). The number of alkyl halides is 3. The van der Waals surface area contributed by atoms with Crippen LogP contribution in [-0.2, 0) is 17.5 Å². The highest BCUT2D eigenvalue weighted by Gasteiger charge is 2.36. The Labute approximate surface area is 215 Å². The number of thioether (sulfide) groups is 1. The van der Waals surface area contributed by atoms with Crippen molar-refractivity contribution >= 4 is 51.5 Å². The summed E-state index contributed by atoms with van der Waals surface area (Å²) in [7, 11) is 0. The molecule has 11 heteroatoms. The molecule has 2 aromatic carbocycles. The molecule has 3 aromatic rings. The third kappa shape index (κ3) is 5.77. The molecule has 1 aliphatic rings. The average molecular weight is 537 g/mol. The monoisotopic (exact) mass is 536 g/mol. The summed E-state index contributed by atoms with van der Waals surface area (Å²) in [6, 6.07) is 8.59. The summed E-state index contributed by atoms with van der Waals surface area (Å²) in [4.78, 5) is 26.6. The molecule has 0 aliphatic carbocycles. The maximum Gasteiger partial charge on any atom is 0.416 e. The Hall–Kier alpha value is -2.82. The van der Waals surface area contributed by atoms with Gasteiger partial charge in [-0.1, -0.05) is 37.6 Å². The summed E-state index contributed by atoms with van der Waals surface area (Å²) in [5, 5.41) is 4.58. The van der Waals surface area contributed by atoms with Crippen LogP contribution in [0.4, 0.5) is 18.0 Å². The number of carbonyl (C=O) groups excluding carboxylic acids is 2. The van der Waals surface area contributed by atoms with Crippen molar-refractivity contribution in [3.8, 4) is 0 Å². The minimum atomic E-state index is -4.54. The fourth-order valence-electron chi connectivity index (χ4n) is 4.16. The third-order valence-corrected chi connectivity index (χ3v) is 6.87. The van der Waals surface area contributed by atoms with Gasteiger partial charge in [0.05, 0.1) is 28.7 Å². The number of hydrogen-bond donors (Lipinski definition) is 1. The maximum atomic E-state index is 13.5. The van der Waals surface area contributed by atoms with Crippen molar-refractivity contribution in [2.45, 2.75) is 39.0 Å². The number of halogens is 4. The van der Waals surface area contributed by atoms with Crippen LogP contribution < -0.4 is 5.73 Å². The first-order valence-electron chi connectivity index (χ1n) is 11.2. The van der Waals surface area contributed by atoms with Crippen LogP contribution in [0.25, 0.3) is 17.0 Å². The standard InChI is InChI=1S/C25H24ClF3N4O2S/c1-14(2)7-19(30)13-32-23(34)22(36-24(32)35)9-15-3-6-21-17(8-15)11-31-33(21)12-16-4-5-18(26)10-20(16)25(27,28)29/h3-6,8-11,14,19H,7,12-13,30H2,1-2H3/t19-/m1/s1. The van der Waals surface area contributed by atoms with Crippen LogP contribution in [0.2, 0.25) is 5.02 Å². The van der Waals surface area contributed by atoms with Gasteiger partial charge in [-0.15, -0.1) is 0 Å². The number of aromatic nitrogens is 2. The van der Waals surface area contributed by atoms with E-state index in [1.807, 2.05) is 13.8 Å². The molecule has 190 valence electrons. The molecule has 0 bridgehead atoms. The van der Waals surface area contributed by atoms with E-state index >= 15 is 0 Å².